The number of aliphatic carboxylic acids is 1. The maximum Gasteiger partial charge on any atom is 0.352 e. The summed E-state index contributed by atoms with van der Waals surface area (Å²) in [6.07, 6.45) is 0.527. The fourth-order valence-electron chi connectivity index (χ4n) is 3.71. The third-order valence-electron chi connectivity index (χ3n) is 5.27. The van der Waals surface area contributed by atoms with Crippen LogP contribution < -0.4 is 0 Å². The Hall–Kier alpha value is -2.38. The smallest absolute Gasteiger partial charge is 0.352 e. The third-order valence-corrected chi connectivity index (χ3v) is 5.27. The average Bonchev–Trinajstić information content (AvgIpc) is 2.90. The minimum absolute atomic E-state index is 0.0305. The second kappa shape index (κ2) is 8.54. The SMILES string of the molecule is CC(O)C1CN2C(C(=O)O)=C(c3ccc(CC(=O)N(C)C)cc3)CC12.CO. The number of carboxylic acid groups (broad SMARTS) is 1. The molecule has 0 radical (unpaired) electrons. The van der Waals surface area contributed by atoms with Gasteiger partial charge in [0.15, 0.2) is 0 Å². The molecule has 1 saturated heterocycles. The summed E-state index contributed by atoms with van der Waals surface area (Å²) in [5, 5.41) is 26.5. The number of aliphatic hydroxyl groups is 2. The molecule has 1 aromatic rings. The van der Waals surface area contributed by atoms with Gasteiger partial charge in [-0.2, -0.15) is 0 Å². The number of nitrogens with zero attached hydrogens (tertiary/aromatic N) is 2. The molecular formula is C20H28N2O5. The first-order valence-electron chi connectivity index (χ1n) is 8.95. The fraction of sp³-hybridized carbons (Fsp3) is 0.500. The Bertz CT molecular complexity index is 724. The van der Waals surface area contributed by atoms with Gasteiger partial charge in [-0.05, 0) is 30.0 Å². The van der Waals surface area contributed by atoms with Crippen LogP contribution in [0.15, 0.2) is 30.0 Å². The Morgan fingerprint density at radius 1 is 1.22 bits per heavy atom. The zero-order valence-electron chi connectivity index (χ0n) is 16.2. The van der Waals surface area contributed by atoms with E-state index in [-0.39, 0.29) is 17.9 Å². The largest absolute Gasteiger partial charge is 0.477 e. The van der Waals surface area contributed by atoms with E-state index in [4.69, 9.17) is 5.11 Å². The Morgan fingerprint density at radius 2 is 1.81 bits per heavy atom. The highest BCUT2D eigenvalue weighted by molar-refractivity contribution is 5.97. The lowest BCUT2D eigenvalue weighted by molar-refractivity contribution is -0.136. The van der Waals surface area contributed by atoms with Crippen LogP contribution in [0.5, 0.6) is 0 Å². The molecule has 0 saturated carbocycles. The molecule has 2 aliphatic heterocycles. The van der Waals surface area contributed by atoms with Crippen LogP contribution >= 0.6 is 0 Å². The number of carboxylic acids is 1. The molecule has 0 bridgehead atoms. The maximum atomic E-state index is 11.8. The summed E-state index contributed by atoms with van der Waals surface area (Å²) in [4.78, 5) is 27.0. The second-order valence-corrected chi connectivity index (χ2v) is 7.12. The molecule has 0 aliphatic carbocycles. The van der Waals surface area contributed by atoms with E-state index in [1.165, 1.54) is 0 Å². The minimum Gasteiger partial charge on any atom is -0.477 e. The summed E-state index contributed by atoms with van der Waals surface area (Å²) in [5.74, 6) is -0.778. The highest BCUT2D eigenvalue weighted by Crippen LogP contribution is 2.45. The van der Waals surface area contributed by atoms with Gasteiger partial charge in [0.2, 0.25) is 5.91 Å². The van der Waals surface area contributed by atoms with Gasteiger partial charge in [0.25, 0.3) is 0 Å². The molecule has 1 aromatic carbocycles. The standard InChI is InChI=1S/C19H24N2O4.CH4O/c1-11(22)15-10-21-16(15)9-14(18(21)19(24)25)13-6-4-12(5-7-13)8-17(23)20(2)3;1-2/h4-7,11,15-16,22H,8-10H2,1-3H3,(H,24,25);2H,1H3. The fourth-order valence-corrected chi connectivity index (χ4v) is 3.71. The molecule has 2 aliphatic rings. The molecule has 2 heterocycles. The Labute approximate surface area is 159 Å². The van der Waals surface area contributed by atoms with Gasteiger partial charge in [0, 0.05) is 39.7 Å². The molecule has 3 rings (SSSR count). The number of fused-ring (bicyclic) bond motifs is 1. The zero-order chi connectivity index (χ0) is 20.3. The number of hydrogen-bond acceptors (Lipinski definition) is 5. The van der Waals surface area contributed by atoms with Crippen LogP contribution in [-0.4, -0.2) is 76.9 Å². The van der Waals surface area contributed by atoms with Gasteiger partial charge in [0.1, 0.15) is 5.70 Å². The van der Waals surface area contributed by atoms with Gasteiger partial charge in [-0.15, -0.1) is 0 Å². The molecule has 7 nitrogen and oxygen atoms in total. The van der Waals surface area contributed by atoms with Crippen LogP contribution in [0.1, 0.15) is 24.5 Å². The van der Waals surface area contributed by atoms with E-state index >= 15 is 0 Å². The summed E-state index contributed by atoms with van der Waals surface area (Å²) in [6.45, 7) is 2.35. The minimum atomic E-state index is -0.923. The second-order valence-electron chi connectivity index (χ2n) is 7.12. The summed E-state index contributed by atoms with van der Waals surface area (Å²) in [7, 11) is 4.45. The summed E-state index contributed by atoms with van der Waals surface area (Å²) < 4.78 is 0. The average molecular weight is 376 g/mol. The maximum absolute atomic E-state index is 11.8. The van der Waals surface area contributed by atoms with Crippen molar-refractivity contribution >= 4 is 17.4 Å². The van der Waals surface area contributed by atoms with Crippen molar-refractivity contribution in [1.29, 1.82) is 0 Å². The Balaban J connectivity index is 0.00000126. The summed E-state index contributed by atoms with van der Waals surface area (Å²) in [6, 6.07) is 7.60. The van der Waals surface area contributed by atoms with Crippen molar-refractivity contribution in [2.45, 2.75) is 31.9 Å². The Kier molecular flexibility index (Phi) is 6.62. The molecule has 3 atom stereocenters. The van der Waals surface area contributed by atoms with E-state index < -0.39 is 12.1 Å². The van der Waals surface area contributed by atoms with Crippen LogP contribution in [0.2, 0.25) is 0 Å². The van der Waals surface area contributed by atoms with Gasteiger partial charge in [-0.25, -0.2) is 4.79 Å². The highest BCUT2D eigenvalue weighted by Gasteiger charge is 2.49. The van der Waals surface area contributed by atoms with E-state index in [1.807, 2.05) is 29.2 Å². The number of hydrogen-bond donors (Lipinski definition) is 3. The summed E-state index contributed by atoms with van der Waals surface area (Å²) in [5.41, 5.74) is 2.94. The van der Waals surface area contributed by atoms with Crippen LogP contribution in [-0.2, 0) is 16.0 Å². The van der Waals surface area contributed by atoms with E-state index in [0.29, 0.717) is 25.1 Å². The molecule has 1 fully saturated rings. The van der Waals surface area contributed by atoms with Crippen molar-refractivity contribution in [3.05, 3.63) is 41.1 Å². The lowest BCUT2D eigenvalue weighted by atomic mass is 9.83. The third kappa shape index (κ3) is 4.14. The van der Waals surface area contributed by atoms with Crippen molar-refractivity contribution in [1.82, 2.24) is 9.80 Å². The zero-order valence-corrected chi connectivity index (χ0v) is 16.2. The number of carbonyl (C=O) groups excluding carboxylic acids is 1. The molecule has 27 heavy (non-hydrogen) atoms. The van der Waals surface area contributed by atoms with E-state index in [2.05, 4.69) is 0 Å². The van der Waals surface area contributed by atoms with Crippen LogP contribution in [0.25, 0.3) is 5.57 Å². The lowest BCUT2D eigenvalue weighted by Gasteiger charge is -2.47. The number of rotatable bonds is 5. The van der Waals surface area contributed by atoms with Crippen molar-refractivity contribution < 1.29 is 24.9 Å². The topological polar surface area (TPSA) is 101 Å². The Morgan fingerprint density at radius 3 is 2.30 bits per heavy atom. The van der Waals surface area contributed by atoms with Crippen LogP contribution in [0, 0.1) is 5.92 Å². The molecular weight excluding hydrogens is 348 g/mol. The quantitative estimate of drug-likeness (QED) is 0.703. The first-order chi connectivity index (χ1) is 12.8. The number of benzene rings is 1. The first-order valence-corrected chi connectivity index (χ1v) is 8.95. The van der Waals surface area contributed by atoms with Crippen molar-refractivity contribution in [2.24, 2.45) is 5.92 Å². The van der Waals surface area contributed by atoms with Gasteiger partial charge < -0.3 is 25.1 Å². The molecule has 7 heteroatoms. The lowest BCUT2D eigenvalue weighted by Crippen LogP contribution is -2.57. The van der Waals surface area contributed by atoms with Crippen molar-refractivity contribution in [3.63, 3.8) is 0 Å². The normalized spacial score (nSPS) is 21.6. The van der Waals surface area contributed by atoms with Crippen molar-refractivity contribution in [2.75, 3.05) is 27.7 Å². The molecule has 3 N–H and O–H groups in total. The highest BCUT2D eigenvalue weighted by atomic mass is 16.4. The van der Waals surface area contributed by atoms with Gasteiger partial charge in [-0.3, -0.25) is 4.79 Å². The van der Waals surface area contributed by atoms with Crippen LogP contribution in [0.4, 0.5) is 0 Å². The molecule has 0 spiro atoms. The molecule has 1 amide bonds. The number of aliphatic hydroxyl groups excluding tert-OH is 2. The predicted molar refractivity (Wildman–Crippen MR) is 102 cm³/mol. The molecule has 0 aromatic heterocycles. The monoisotopic (exact) mass is 376 g/mol. The number of likely N-dealkylation sites (N-methyl/N-ethyl adjacent to an activating group) is 1. The molecule has 148 valence electrons. The van der Waals surface area contributed by atoms with Crippen molar-refractivity contribution in [3.8, 4) is 0 Å². The predicted octanol–water partition coefficient (Wildman–Crippen LogP) is 0.806. The van der Waals surface area contributed by atoms with Crippen LogP contribution in [0.3, 0.4) is 0 Å². The number of carbonyl (C=O) groups is 2. The van der Waals surface area contributed by atoms with E-state index in [9.17, 15) is 19.8 Å². The number of amides is 1. The molecule has 3 unspecified atom stereocenters. The van der Waals surface area contributed by atoms with Gasteiger partial charge >= 0.3 is 5.97 Å². The van der Waals surface area contributed by atoms with Gasteiger partial charge in [0.05, 0.1) is 12.5 Å². The van der Waals surface area contributed by atoms with E-state index in [0.717, 1.165) is 23.8 Å². The van der Waals surface area contributed by atoms with Gasteiger partial charge in [-0.1, -0.05) is 24.3 Å². The summed E-state index contributed by atoms with van der Waals surface area (Å²) >= 11 is 0. The first kappa shape index (κ1) is 20.9. The van der Waals surface area contributed by atoms with E-state index in [1.54, 1.807) is 25.9 Å².